The van der Waals surface area contributed by atoms with Gasteiger partial charge in [-0.1, -0.05) is 35.3 Å². The molecule has 0 spiro atoms. The molecule has 2 atom stereocenters. The molecule has 8 nitrogen and oxygen atoms in total. The SMILES string of the molecule is CN1Cc2c(Cl)cc(Cl)cc2C(c2ccc(NC(=O)N[C@H](C(=O)O)C(C)(C)C(=O)O)cc2)C1. The van der Waals surface area contributed by atoms with Gasteiger partial charge in [0.2, 0.25) is 0 Å². The van der Waals surface area contributed by atoms with E-state index in [2.05, 4.69) is 15.5 Å². The van der Waals surface area contributed by atoms with Gasteiger partial charge in [-0.25, -0.2) is 9.59 Å². The fourth-order valence-electron chi connectivity index (χ4n) is 3.90. The van der Waals surface area contributed by atoms with Gasteiger partial charge in [0.15, 0.2) is 0 Å². The van der Waals surface area contributed by atoms with Crippen molar-refractivity contribution in [1.29, 1.82) is 0 Å². The van der Waals surface area contributed by atoms with E-state index in [1.54, 1.807) is 18.2 Å². The molecule has 2 aromatic carbocycles. The fraction of sp³-hybridized carbons (Fsp3) is 0.348. The van der Waals surface area contributed by atoms with Crippen LogP contribution in [0, 0.1) is 5.41 Å². The quantitative estimate of drug-likeness (QED) is 0.477. The van der Waals surface area contributed by atoms with E-state index in [0.717, 1.165) is 29.8 Å². The predicted octanol–water partition coefficient (Wildman–Crippen LogP) is 4.26. The molecule has 2 amide bonds. The Balaban J connectivity index is 1.77. The van der Waals surface area contributed by atoms with Crippen LogP contribution in [-0.2, 0) is 16.1 Å². The largest absolute Gasteiger partial charge is 0.481 e. The van der Waals surface area contributed by atoms with Crippen LogP contribution in [0.15, 0.2) is 36.4 Å². The predicted molar refractivity (Wildman–Crippen MR) is 126 cm³/mol. The minimum Gasteiger partial charge on any atom is -0.481 e. The van der Waals surface area contributed by atoms with Gasteiger partial charge in [0.05, 0.1) is 5.41 Å². The number of hydrogen-bond donors (Lipinski definition) is 4. The van der Waals surface area contributed by atoms with Gasteiger partial charge >= 0.3 is 18.0 Å². The van der Waals surface area contributed by atoms with Crippen molar-refractivity contribution in [3.05, 3.63) is 63.1 Å². The third-order valence-corrected chi connectivity index (χ3v) is 6.41. The Morgan fingerprint density at radius 3 is 2.33 bits per heavy atom. The van der Waals surface area contributed by atoms with Crippen molar-refractivity contribution >= 4 is 46.9 Å². The summed E-state index contributed by atoms with van der Waals surface area (Å²) in [6.07, 6.45) is 0. The monoisotopic (exact) mass is 493 g/mol. The highest BCUT2D eigenvalue weighted by Gasteiger charge is 2.42. The minimum atomic E-state index is -1.70. The standard InChI is InChI=1S/C23H25Cl2N3O5/c1-23(2,21(31)32)19(20(29)30)27-22(33)26-14-6-4-12(5-7-14)16-10-28(3)11-17-15(16)8-13(24)9-18(17)25/h4-9,16,19H,10-11H2,1-3H3,(H,29,30)(H,31,32)(H2,26,27,33)/t16?,19-/m1/s1. The van der Waals surface area contributed by atoms with Crippen molar-refractivity contribution in [3.63, 3.8) is 0 Å². The lowest BCUT2D eigenvalue weighted by Crippen LogP contribution is -2.54. The van der Waals surface area contributed by atoms with Crippen LogP contribution in [0.3, 0.4) is 0 Å². The molecule has 0 radical (unpaired) electrons. The molecule has 0 fully saturated rings. The number of amides is 2. The number of carbonyl (C=O) groups excluding carboxylic acids is 1. The van der Waals surface area contributed by atoms with Crippen LogP contribution in [0.25, 0.3) is 0 Å². The van der Waals surface area contributed by atoms with Crippen LogP contribution < -0.4 is 10.6 Å². The summed E-state index contributed by atoms with van der Waals surface area (Å²) in [4.78, 5) is 37.4. The van der Waals surface area contributed by atoms with E-state index in [0.29, 0.717) is 15.7 Å². The number of carbonyl (C=O) groups is 3. The van der Waals surface area contributed by atoms with E-state index in [4.69, 9.17) is 23.2 Å². The molecule has 0 bridgehead atoms. The fourth-order valence-corrected chi connectivity index (χ4v) is 4.47. The average molecular weight is 494 g/mol. The number of nitrogens with zero attached hydrogens (tertiary/aromatic N) is 1. The maximum Gasteiger partial charge on any atom is 0.327 e. The summed E-state index contributed by atoms with van der Waals surface area (Å²) >= 11 is 12.7. The molecule has 10 heteroatoms. The molecule has 176 valence electrons. The lowest BCUT2D eigenvalue weighted by molar-refractivity contribution is -0.156. The second-order valence-corrected chi connectivity index (χ2v) is 9.57. The zero-order valence-electron chi connectivity index (χ0n) is 18.4. The van der Waals surface area contributed by atoms with Crippen LogP contribution in [0.4, 0.5) is 10.5 Å². The summed E-state index contributed by atoms with van der Waals surface area (Å²) in [6, 6.07) is 8.38. The molecule has 4 N–H and O–H groups in total. The number of benzene rings is 2. The first-order chi connectivity index (χ1) is 15.4. The lowest BCUT2D eigenvalue weighted by Gasteiger charge is -2.33. The molecule has 1 unspecified atom stereocenters. The van der Waals surface area contributed by atoms with E-state index in [1.807, 2.05) is 25.2 Å². The highest BCUT2D eigenvalue weighted by molar-refractivity contribution is 6.35. The molecule has 1 aliphatic heterocycles. The Labute approximate surface area is 201 Å². The molecule has 2 aromatic rings. The van der Waals surface area contributed by atoms with Crippen LogP contribution in [0.5, 0.6) is 0 Å². The number of aliphatic carboxylic acids is 2. The molecule has 0 aromatic heterocycles. The zero-order chi connectivity index (χ0) is 24.5. The van der Waals surface area contributed by atoms with E-state index >= 15 is 0 Å². The number of urea groups is 1. The van der Waals surface area contributed by atoms with Gasteiger partial charge < -0.3 is 25.7 Å². The Bertz CT molecular complexity index is 1090. The van der Waals surface area contributed by atoms with Gasteiger partial charge in [-0.15, -0.1) is 0 Å². The second-order valence-electron chi connectivity index (χ2n) is 8.72. The summed E-state index contributed by atoms with van der Waals surface area (Å²) in [7, 11) is 2.01. The number of rotatable bonds is 6. The Kier molecular flexibility index (Phi) is 7.21. The normalized spacial score (nSPS) is 17.1. The first-order valence-electron chi connectivity index (χ1n) is 10.2. The first-order valence-corrected chi connectivity index (χ1v) is 11.0. The van der Waals surface area contributed by atoms with Crippen molar-refractivity contribution in [2.75, 3.05) is 18.9 Å². The topological polar surface area (TPSA) is 119 Å². The number of hydrogen-bond acceptors (Lipinski definition) is 4. The third kappa shape index (κ3) is 5.40. The van der Waals surface area contributed by atoms with Crippen molar-refractivity contribution in [2.45, 2.75) is 32.4 Å². The highest BCUT2D eigenvalue weighted by Crippen LogP contribution is 2.38. The summed E-state index contributed by atoms with van der Waals surface area (Å²) in [6.45, 7) is 3.96. The van der Waals surface area contributed by atoms with Crippen LogP contribution in [0.1, 0.15) is 36.5 Å². The number of carboxylic acid groups (broad SMARTS) is 2. The average Bonchev–Trinajstić information content (AvgIpc) is 2.72. The second kappa shape index (κ2) is 9.59. The number of carboxylic acids is 2. The molecule has 0 saturated heterocycles. The van der Waals surface area contributed by atoms with Gasteiger partial charge in [-0.2, -0.15) is 0 Å². The number of nitrogens with one attached hydrogen (secondary N) is 2. The summed E-state index contributed by atoms with van der Waals surface area (Å²) < 4.78 is 0. The number of halogens is 2. The Hall–Kier alpha value is -2.81. The maximum absolute atomic E-state index is 12.4. The molecule has 33 heavy (non-hydrogen) atoms. The molecule has 1 heterocycles. The van der Waals surface area contributed by atoms with E-state index in [1.165, 1.54) is 13.8 Å². The molecular weight excluding hydrogens is 469 g/mol. The van der Waals surface area contributed by atoms with Gasteiger partial charge in [-0.05, 0) is 61.9 Å². The summed E-state index contributed by atoms with van der Waals surface area (Å²) in [5.41, 5.74) is 1.83. The number of fused-ring (bicyclic) bond motifs is 1. The minimum absolute atomic E-state index is 0.0329. The van der Waals surface area contributed by atoms with Crippen molar-refractivity contribution < 1.29 is 24.6 Å². The Morgan fingerprint density at radius 1 is 1.12 bits per heavy atom. The molecule has 3 rings (SSSR count). The van der Waals surface area contributed by atoms with Crippen LogP contribution in [0.2, 0.25) is 10.0 Å². The zero-order valence-corrected chi connectivity index (χ0v) is 19.9. The Morgan fingerprint density at radius 2 is 1.76 bits per heavy atom. The van der Waals surface area contributed by atoms with Gasteiger partial charge in [-0.3, -0.25) is 4.79 Å². The van der Waals surface area contributed by atoms with E-state index < -0.39 is 29.4 Å². The molecule has 0 saturated carbocycles. The smallest absolute Gasteiger partial charge is 0.327 e. The van der Waals surface area contributed by atoms with Gasteiger partial charge in [0.25, 0.3) is 0 Å². The number of likely N-dealkylation sites (N-methyl/N-ethyl adjacent to an activating group) is 1. The van der Waals surface area contributed by atoms with Crippen LogP contribution in [-0.4, -0.2) is 52.7 Å². The van der Waals surface area contributed by atoms with Crippen molar-refractivity contribution in [2.24, 2.45) is 5.41 Å². The lowest BCUT2D eigenvalue weighted by atomic mass is 9.84. The van der Waals surface area contributed by atoms with Gasteiger partial charge in [0.1, 0.15) is 6.04 Å². The molecule has 1 aliphatic rings. The van der Waals surface area contributed by atoms with Crippen molar-refractivity contribution in [1.82, 2.24) is 10.2 Å². The van der Waals surface area contributed by atoms with Crippen molar-refractivity contribution in [3.8, 4) is 0 Å². The summed E-state index contributed by atoms with van der Waals surface area (Å²) in [5.74, 6) is -2.74. The number of anilines is 1. The third-order valence-electron chi connectivity index (χ3n) is 5.86. The maximum atomic E-state index is 12.4. The van der Waals surface area contributed by atoms with E-state index in [9.17, 15) is 24.6 Å². The van der Waals surface area contributed by atoms with E-state index in [-0.39, 0.29) is 5.92 Å². The van der Waals surface area contributed by atoms with Crippen LogP contribution >= 0.6 is 23.2 Å². The molecular formula is C23H25Cl2N3O5. The summed E-state index contributed by atoms with van der Waals surface area (Å²) in [5, 5.41) is 24.6. The first kappa shape index (κ1) is 24.8. The van der Waals surface area contributed by atoms with Gasteiger partial charge in [0, 0.05) is 34.7 Å². The highest BCUT2D eigenvalue weighted by atomic mass is 35.5. The molecule has 0 aliphatic carbocycles.